The zero-order chi connectivity index (χ0) is 17.2. The molecule has 5 nitrogen and oxygen atoms in total. The lowest BCUT2D eigenvalue weighted by atomic mass is 9.88. The number of oxazole rings is 1. The molecule has 1 aromatic carbocycles. The summed E-state index contributed by atoms with van der Waals surface area (Å²) >= 11 is 0. The van der Waals surface area contributed by atoms with Crippen LogP contribution in [0.1, 0.15) is 34.7 Å². The van der Waals surface area contributed by atoms with Crippen LogP contribution >= 0.6 is 0 Å². The Kier molecular flexibility index (Phi) is 4.22. The van der Waals surface area contributed by atoms with E-state index in [0.717, 1.165) is 37.9 Å². The van der Waals surface area contributed by atoms with Crippen molar-refractivity contribution in [2.24, 2.45) is 5.92 Å². The Morgan fingerprint density at radius 1 is 1.20 bits per heavy atom. The van der Waals surface area contributed by atoms with Crippen LogP contribution in [0.25, 0.3) is 10.9 Å². The van der Waals surface area contributed by atoms with Crippen LogP contribution in [0.2, 0.25) is 0 Å². The van der Waals surface area contributed by atoms with Gasteiger partial charge in [-0.3, -0.25) is 9.78 Å². The van der Waals surface area contributed by atoms with Crippen LogP contribution in [-0.2, 0) is 6.42 Å². The van der Waals surface area contributed by atoms with Crippen LogP contribution in [-0.4, -0.2) is 33.9 Å². The summed E-state index contributed by atoms with van der Waals surface area (Å²) < 4.78 is 5.15. The molecule has 0 N–H and O–H groups in total. The van der Waals surface area contributed by atoms with Gasteiger partial charge in [0, 0.05) is 24.7 Å². The number of rotatable bonds is 3. The Labute approximate surface area is 146 Å². The van der Waals surface area contributed by atoms with Crippen LogP contribution < -0.4 is 0 Å². The normalized spacial score (nSPS) is 15.6. The highest BCUT2D eigenvalue weighted by atomic mass is 16.3. The van der Waals surface area contributed by atoms with Gasteiger partial charge in [-0.25, -0.2) is 4.98 Å². The molecular weight excluding hydrogens is 314 g/mol. The number of aryl methyl sites for hydroxylation is 1. The molecule has 0 radical (unpaired) electrons. The minimum absolute atomic E-state index is 0.0148. The maximum absolute atomic E-state index is 12.5. The van der Waals surface area contributed by atoms with Gasteiger partial charge in [0.05, 0.1) is 5.52 Å². The molecule has 1 amide bonds. The topological polar surface area (TPSA) is 59.2 Å². The summed E-state index contributed by atoms with van der Waals surface area (Å²) in [6.45, 7) is 3.33. The van der Waals surface area contributed by atoms with E-state index in [9.17, 15) is 4.79 Å². The van der Waals surface area contributed by atoms with E-state index >= 15 is 0 Å². The van der Waals surface area contributed by atoms with Crippen LogP contribution in [0.5, 0.6) is 0 Å². The number of amides is 1. The van der Waals surface area contributed by atoms with Crippen molar-refractivity contribution in [3.8, 4) is 0 Å². The average molecular weight is 335 g/mol. The molecular formula is C20H21N3O2. The van der Waals surface area contributed by atoms with E-state index in [1.54, 1.807) is 6.92 Å². The summed E-state index contributed by atoms with van der Waals surface area (Å²) in [6, 6.07) is 10.5. The molecule has 3 aromatic rings. The zero-order valence-corrected chi connectivity index (χ0v) is 14.3. The Hall–Kier alpha value is -2.69. The quantitative estimate of drug-likeness (QED) is 0.733. The first-order valence-corrected chi connectivity index (χ1v) is 8.74. The molecule has 0 aliphatic carbocycles. The van der Waals surface area contributed by atoms with Gasteiger partial charge in [0.15, 0.2) is 12.1 Å². The molecule has 1 aliphatic rings. The number of carbonyl (C=O) groups excluding carboxylic acids is 1. The molecule has 1 saturated heterocycles. The molecule has 2 aromatic heterocycles. The van der Waals surface area contributed by atoms with E-state index in [2.05, 4.69) is 34.2 Å². The van der Waals surface area contributed by atoms with Gasteiger partial charge in [0.25, 0.3) is 5.91 Å². The summed E-state index contributed by atoms with van der Waals surface area (Å²) in [5, 5.41) is 1.24. The van der Waals surface area contributed by atoms with Gasteiger partial charge in [0.2, 0.25) is 0 Å². The highest BCUT2D eigenvalue weighted by Crippen LogP contribution is 2.26. The highest BCUT2D eigenvalue weighted by Gasteiger charge is 2.26. The van der Waals surface area contributed by atoms with Gasteiger partial charge in [-0.05, 0) is 49.8 Å². The summed E-state index contributed by atoms with van der Waals surface area (Å²) in [6.07, 6.45) is 6.23. The molecule has 0 spiro atoms. The van der Waals surface area contributed by atoms with Crippen molar-refractivity contribution in [2.45, 2.75) is 26.2 Å². The molecule has 0 bridgehead atoms. The smallest absolute Gasteiger partial charge is 0.276 e. The molecule has 5 heteroatoms. The van der Waals surface area contributed by atoms with Crippen molar-refractivity contribution in [2.75, 3.05) is 13.1 Å². The summed E-state index contributed by atoms with van der Waals surface area (Å²) in [5.74, 6) is 1.17. The Morgan fingerprint density at radius 3 is 2.80 bits per heavy atom. The second kappa shape index (κ2) is 6.67. The Morgan fingerprint density at radius 2 is 2.04 bits per heavy atom. The lowest BCUT2D eigenvalue weighted by molar-refractivity contribution is 0.0683. The largest absolute Gasteiger partial charge is 0.448 e. The minimum Gasteiger partial charge on any atom is -0.448 e. The second-order valence-corrected chi connectivity index (χ2v) is 6.68. The van der Waals surface area contributed by atoms with Crippen molar-refractivity contribution in [1.82, 2.24) is 14.9 Å². The third-order valence-electron chi connectivity index (χ3n) is 5.09. The van der Waals surface area contributed by atoms with Crippen molar-refractivity contribution in [1.29, 1.82) is 0 Å². The number of piperidine rings is 1. The standard InChI is InChI=1S/C20H21N3O2/c1-14-19(22-13-25-14)20(24)23-10-7-15(8-11-23)12-16-4-2-6-18-17(16)5-3-9-21-18/h2-6,9,13,15H,7-8,10-12H2,1H3. The maximum Gasteiger partial charge on any atom is 0.276 e. The van der Waals surface area contributed by atoms with E-state index in [1.807, 2.05) is 17.2 Å². The molecule has 128 valence electrons. The highest BCUT2D eigenvalue weighted by molar-refractivity contribution is 5.93. The number of carbonyl (C=O) groups is 1. The van der Waals surface area contributed by atoms with Crippen LogP contribution in [0, 0.1) is 12.8 Å². The molecule has 0 saturated carbocycles. The monoisotopic (exact) mass is 335 g/mol. The Bertz CT molecular complexity index is 889. The van der Waals surface area contributed by atoms with Gasteiger partial charge in [0.1, 0.15) is 5.76 Å². The number of aromatic nitrogens is 2. The fourth-order valence-electron chi connectivity index (χ4n) is 3.66. The number of likely N-dealkylation sites (tertiary alicyclic amines) is 1. The third-order valence-corrected chi connectivity index (χ3v) is 5.09. The van der Waals surface area contributed by atoms with Gasteiger partial charge in [-0.15, -0.1) is 0 Å². The Balaban J connectivity index is 1.42. The number of hydrogen-bond donors (Lipinski definition) is 0. The molecule has 1 fully saturated rings. The molecule has 0 unspecified atom stereocenters. The van der Waals surface area contributed by atoms with Crippen molar-refractivity contribution < 1.29 is 9.21 Å². The van der Waals surface area contributed by atoms with Gasteiger partial charge in [-0.1, -0.05) is 18.2 Å². The predicted octanol–water partition coefficient (Wildman–Crippen LogP) is 3.63. The van der Waals surface area contributed by atoms with Crippen LogP contribution in [0.15, 0.2) is 47.3 Å². The molecule has 1 aliphatic heterocycles. The number of fused-ring (bicyclic) bond motifs is 1. The molecule has 0 atom stereocenters. The second-order valence-electron chi connectivity index (χ2n) is 6.68. The van der Waals surface area contributed by atoms with Crippen molar-refractivity contribution >= 4 is 16.8 Å². The van der Waals surface area contributed by atoms with E-state index in [4.69, 9.17) is 4.42 Å². The first-order valence-electron chi connectivity index (χ1n) is 8.74. The molecule has 3 heterocycles. The number of nitrogens with zero attached hydrogens (tertiary/aromatic N) is 3. The van der Waals surface area contributed by atoms with Gasteiger partial charge < -0.3 is 9.32 Å². The predicted molar refractivity (Wildman–Crippen MR) is 95.3 cm³/mol. The lowest BCUT2D eigenvalue weighted by Crippen LogP contribution is -2.39. The molecule has 4 rings (SSSR count). The van der Waals surface area contributed by atoms with E-state index < -0.39 is 0 Å². The minimum atomic E-state index is -0.0148. The molecule has 25 heavy (non-hydrogen) atoms. The first kappa shape index (κ1) is 15.8. The fourth-order valence-corrected chi connectivity index (χ4v) is 3.66. The summed E-state index contributed by atoms with van der Waals surface area (Å²) in [7, 11) is 0. The fraction of sp³-hybridized carbons (Fsp3) is 0.350. The SMILES string of the molecule is Cc1ocnc1C(=O)N1CCC(Cc2cccc3ncccc23)CC1. The van der Waals surface area contributed by atoms with Crippen molar-refractivity contribution in [3.63, 3.8) is 0 Å². The van der Waals surface area contributed by atoms with Crippen LogP contribution in [0.4, 0.5) is 0 Å². The number of pyridine rings is 1. The van der Waals surface area contributed by atoms with E-state index in [-0.39, 0.29) is 5.91 Å². The summed E-state index contributed by atoms with van der Waals surface area (Å²) in [4.78, 5) is 22.9. The maximum atomic E-state index is 12.5. The van der Waals surface area contributed by atoms with E-state index in [0.29, 0.717) is 17.4 Å². The lowest BCUT2D eigenvalue weighted by Gasteiger charge is -2.31. The number of benzene rings is 1. The average Bonchev–Trinajstić information content (AvgIpc) is 3.08. The number of hydrogen-bond acceptors (Lipinski definition) is 4. The first-order chi connectivity index (χ1) is 12.2. The zero-order valence-electron chi connectivity index (χ0n) is 14.3. The summed E-state index contributed by atoms with van der Waals surface area (Å²) in [5.41, 5.74) is 2.84. The third kappa shape index (κ3) is 3.14. The van der Waals surface area contributed by atoms with Gasteiger partial charge >= 0.3 is 0 Å². The van der Waals surface area contributed by atoms with Crippen molar-refractivity contribution in [3.05, 3.63) is 59.9 Å². The van der Waals surface area contributed by atoms with Gasteiger partial charge in [-0.2, -0.15) is 0 Å². The van der Waals surface area contributed by atoms with E-state index in [1.165, 1.54) is 17.3 Å². The van der Waals surface area contributed by atoms with Crippen LogP contribution in [0.3, 0.4) is 0 Å².